The van der Waals surface area contributed by atoms with E-state index in [0.717, 1.165) is 0 Å². The van der Waals surface area contributed by atoms with E-state index in [2.05, 4.69) is 6.42 Å². The van der Waals surface area contributed by atoms with Crippen LogP contribution < -0.4 is 0 Å². The molecule has 37 valence electrons. The summed E-state index contributed by atoms with van der Waals surface area (Å²) in [6, 6.07) is 0. The first-order chi connectivity index (χ1) is 3.00. The first-order valence-electron chi connectivity index (χ1n) is 2.82. The summed E-state index contributed by atoms with van der Waals surface area (Å²) in [7, 11) is 0. The molecule has 1 aliphatic carbocycles. The molecule has 0 bridgehead atoms. The molecular weight excluding hydrogens is 137 g/mol. The number of hydrogen-bond donors (Lipinski definition) is 0. The van der Waals surface area contributed by atoms with Crippen LogP contribution >= 0.6 is 0 Å². The van der Waals surface area contributed by atoms with Gasteiger partial charge in [-0.15, -0.1) is 0 Å². The van der Waals surface area contributed by atoms with Gasteiger partial charge in [0.1, 0.15) is 0 Å². The maximum Gasteiger partial charge on any atom is 0 e. The van der Waals surface area contributed by atoms with Crippen LogP contribution in [0.3, 0.4) is 0 Å². The Morgan fingerprint density at radius 1 is 0.857 bits per heavy atom. The average molecular weight is 149 g/mol. The molecule has 1 rings (SSSR count). The Morgan fingerprint density at radius 2 is 1.43 bits per heavy atom. The predicted molar refractivity (Wildman–Crippen MR) is 27.4 cm³/mol. The van der Waals surface area contributed by atoms with E-state index >= 15 is 0 Å². The van der Waals surface area contributed by atoms with Crippen LogP contribution in [0.5, 0.6) is 0 Å². The smallest absolute Gasteiger partial charge is 0 e. The summed E-state index contributed by atoms with van der Waals surface area (Å²) < 4.78 is 0. The van der Waals surface area contributed by atoms with Gasteiger partial charge in [0.05, 0.1) is 0 Å². The molecule has 0 aromatic carbocycles. The summed E-state index contributed by atoms with van der Waals surface area (Å²) in [6.07, 6.45) is 9.50. The van der Waals surface area contributed by atoms with E-state index in [1.54, 1.807) is 0 Å². The molecule has 0 heterocycles. The van der Waals surface area contributed by atoms with Crippen molar-refractivity contribution in [1.82, 2.24) is 0 Å². The second-order valence-corrected chi connectivity index (χ2v) is 1.93. The van der Waals surface area contributed by atoms with Crippen LogP contribution in [0.25, 0.3) is 0 Å². The minimum atomic E-state index is 0. The summed E-state index contributed by atoms with van der Waals surface area (Å²) in [4.78, 5) is 0. The van der Waals surface area contributed by atoms with E-state index < -0.39 is 0 Å². The first-order valence-corrected chi connectivity index (χ1v) is 2.82. The van der Waals surface area contributed by atoms with Gasteiger partial charge in [-0.1, -0.05) is 32.1 Å². The Hall–Kier alpha value is 0.623. The molecule has 1 saturated carbocycles. The van der Waals surface area contributed by atoms with Gasteiger partial charge < -0.3 is 0 Å². The van der Waals surface area contributed by atoms with Gasteiger partial charge in [0.15, 0.2) is 0 Å². The van der Waals surface area contributed by atoms with Crippen molar-refractivity contribution in [3.05, 3.63) is 6.42 Å². The van der Waals surface area contributed by atoms with Gasteiger partial charge in [-0.05, 0) is 6.42 Å². The predicted octanol–water partition coefficient (Wildman–Crippen LogP) is 2.15. The zero-order valence-corrected chi connectivity index (χ0v) is 7.79. The number of rotatable bonds is 0. The first kappa shape index (κ1) is 7.62. The van der Waals surface area contributed by atoms with E-state index in [-0.39, 0.29) is 19.5 Å². The van der Waals surface area contributed by atoms with Gasteiger partial charge in [-0.25, -0.2) is 0 Å². The molecule has 0 aromatic heterocycles. The number of hydrogen-bond acceptors (Lipinski definition) is 0. The molecule has 0 aromatic rings. The molecule has 1 heteroatoms. The Bertz CT molecular complexity index is 19.7. The topological polar surface area (TPSA) is 0 Å². The summed E-state index contributed by atoms with van der Waals surface area (Å²) in [5.41, 5.74) is 0. The van der Waals surface area contributed by atoms with Crippen molar-refractivity contribution in [2.45, 2.75) is 32.1 Å². The Labute approximate surface area is 58.4 Å². The zero-order chi connectivity index (χ0) is 4.24. The Kier molecular flexibility index (Phi) is 5.20. The van der Waals surface area contributed by atoms with Crippen LogP contribution in [0, 0.1) is 6.42 Å². The molecule has 1 fully saturated rings. The Balaban J connectivity index is 0.000000360. The molecule has 0 saturated heterocycles. The molecule has 0 spiro atoms. The van der Waals surface area contributed by atoms with Crippen LogP contribution in [-0.2, 0) is 19.5 Å². The summed E-state index contributed by atoms with van der Waals surface area (Å²) >= 11 is 0. The van der Waals surface area contributed by atoms with Gasteiger partial charge in [-0.2, -0.15) is 0 Å². The van der Waals surface area contributed by atoms with E-state index in [1.165, 1.54) is 32.1 Å². The van der Waals surface area contributed by atoms with Crippen LogP contribution in [0.4, 0.5) is 0 Å². The van der Waals surface area contributed by atoms with Crippen molar-refractivity contribution < 1.29 is 19.5 Å². The molecule has 7 heavy (non-hydrogen) atoms. The summed E-state index contributed by atoms with van der Waals surface area (Å²) in [5, 5.41) is 0. The molecule has 1 radical (unpaired) electrons. The molecule has 0 unspecified atom stereocenters. The van der Waals surface area contributed by atoms with Gasteiger partial charge in [0.2, 0.25) is 0 Å². The normalized spacial score (nSPS) is 20.6. The third-order valence-corrected chi connectivity index (χ3v) is 1.32. The van der Waals surface area contributed by atoms with Crippen LogP contribution in [0.1, 0.15) is 32.1 Å². The van der Waals surface area contributed by atoms with E-state index in [0.29, 0.717) is 0 Å². The van der Waals surface area contributed by atoms with Crippen molar-refractivity contribution in [2.75, 3.05) is 0 Å². The molecule has 0 atom stereocenters. The van der Waals surface area contributed by atoms with Gasteiger partial charge in [-0.3, -0.25) is 0 Å². The quantitative estimate of drug-likeness (QED) is 0.462. The van der Waals surface area contributed by atoms with Crippen molar-refractivity contribution >= 4 is 0 Å². The second kappa shape index (κ2) is 4.77. The zero-order valence-electron chi connectivity index (χ0n) is 4.82. The van der Waals surface area contributed by atoms with Crippen LogP contribution in [-0.4, -0.2) is 0 Å². The summed E-state index contributed by atoms with van der Waals surface area (Å²) in [6.45, 7) is 0. The van der Waals surface area contributed by atoms with Crippen molar-refractivity contribution in [3.8, 4) is 0 Å². The molecule has 0 N–H and O–H groups in total. The molecular formula is C6H11Zn. The van der Waals surface area contributed by atoms with E-state index in [1.807, 2.05) is 0 Å². The van der Waals surface area contributed by atoms with Crippen LogP contribution in [0.2, 0.25) is 0 Å². The largest absolute Gasteiger partial charge is 0.0533 e. The minimum Gasteiger partial charge on any atom is -0.0533 e. The fraction of sp³-hybridized carbons (Fsp3) is 0.833. The summed E-state index contributed by atoms with van der Waals surface area (Å²) in [5.74, 6) is 0. The molecule has 0 aliphatic heterocycles. The fourth-order valence-electron chi connectivity index (χ4n) is 0.898. The average Bonchev–Trinajstić information content (AvgIpc) is 1.72. The molecule has 0 nitrogen and oxygen atoms in total. The van der Waals surface area contributed by atoms with Gasteiger partial charge in [0.25, 0.3) is 0 Å². The third kappa shape index (κ3) is 3.23. The Morgan fingerprint density at radius 3 is 1.57 bits per heavy atom. The van der Waals surface area contributed by atoms with Gasteiger partial charge >= 0.3 is 0 Å². The SMILES string of the molecule is [CH]1CCCCC1.[Zn]. The molecule has 1 aliphatic rings. The standard InChI is InChI=1S/C6H11.Zn/c1-2-4-6-5-3-1;/h1H,2-6H2;. The van der Waals surface area contributed by atoms with Crippen LogP contribution in [0.15, 0.2) is 0 Å². The van der Waals surface area contributed by atoms with Crippen molar-refractivity contribution in [2.24, 2.45) is 0 Å². The fourth-order valence-corrected chi connectivity index (χ4v) is 0.898. The minimum absolute atomic E-state index is 0. The van der Waals surface area contributed by atoms with E-state index in [4.69, 9.17) is 0 Å². The second-order valence-electron chi connectivity index (χ2n) is 1.93. The van der Waals surface area contributed by atoms with E-state index in [9.17, 15) is 0 Å². The van der Waals surface area contributed by atoms with Crippen molar-refractivity contribution in [1.29, 1.82) is 0 Å². The third-order valence-electron chi connectivity index (χ3n) is 1.32. The maximum atomic E-state index is 2.39. The van der Waals surface area contributed by atoms with Crippen molar-refractivity contribution in [3.63, 3.8) is 0 Å². The monoisotopic (exact) mass is 147 g/mol. The molecule has 0 amide bonds. The maximum absolute atomic E-state index is 2.39. The van der Waals surface area contributed by atoms with Gasteiger partial charge in [0, 0.05) is 19.5 Å².